The summed E-state index contributed by atoms with van der Waals surface area (Å²) < 4.78 is 17.0. The molecule has 1 unspecified atom stereocenters. The number of benzene rings is 2. The highest BCUT2D eigenvalue weighted by atomic mass is 16.5. The fraction of sp³-hybridized carbons (Fsp3) is 0.381. The third kappa shape index (κ3) is 4.17. The van der Waals surface area contributed by atoms with Crippen LogP contribution in [0.5, 0.6) is 11.5 Å². The zero-order valence-corrected chi connectivity index (χ0v) is 15.1. The Bertz CT molecular complexity index is 753. The summed E-state index contributed by atoms with van der Waals surface area (Å²) in [5.74, 6) is 0.768. The summed E-state index contributed by atoms with van der Waals surface area (Å²) >= 11 is 0. The maximum absolute atomic E-state index is 11.0. The molecule has 0 spiro atoms. The maximum atomic E-state index is 11.0. The lowest BCUT2D eigenvalue weighted by molar-refractivity contribution is -0.140. The topological polar surface area (TPSA) is 65.0 Å². The van der Waals surface area contributed by atoms with Gasteiger partial charge in [-0.25, -0.2) is 0 Å². The number of hydrogen-bond donors (Lipinski definition) is 1. The quantitative estimate of drug-likeness (QED) is 0.763. The number of aliphatic carboxylic acids is 1. The fourth-order valence-electron chi connectivity index (χ4n) is 3.36. The van der Waals surface area contributed by atoms with E-state index in [2.05, 4.69) is 12.1 Å². The van der Waals surface area contributed by atoms with Crippen molar-refractivity contribution in [3.63, 3.8) is 0 Å². The van der Waals surface area contributed by atoms with Gasteiger partial charge in [0.1, 0.15) is 17.6 Å². The van der Waals surface area contributed by atoms with Crippen LogP contribution in [0.1, 0.15) is 48.7 Å². The lowest BCUT2D eigenvalue weighted by Crippen LogP contribution is -2.10. The Balaban J connectivity index is 1.70. The number of hydrogen-bond acceptors (Lipinski definition) is 4. The van der Waals surface area contributed by atoms with Gasteiger partial charge in [-0.15, -0.1) is 0 Å². The number of aryl methyl sites for hydroxylation is 1. The van der Waals surface area contributed by atoms with Crippen LogP contribution in [-0.4, -0.2) is 24.8 Å². The minimum Gasteiger partial charge on any atom is -0.497 e. The van der Waals surface area contributed by atoms with E-state index in [9.17, 15) is 4.79 Å². The summed E-state index contributed by atoms with van der Waals surface area (Å²) in [4.78, 5) is 11.0. The van der Waals surface area contributed by atoms with Crippen LogP contribution in [0.15, 0.2) is 42.5 Å². The van der Waals surface area contributed by atoms with E-state index in [-0.39, 0.29) is 12.5 Å². The van der Waals surface area contributed by atoms with E-state index >= 15 is 0 Å². The summed E-state index contributed by atoms with van der Waals surface area (Å²) in [6.07, 6.45) is 1.45. The lowest BCUT2D eigenvalue weighted by atomic mass is 10.1. The maximum Gasteiger partial charge on any atom is 0.306 e. The van der Waals surface area contributed by atoms with Crippen molar-refractivity contribution in [1.82, 2.24) is 0 Å². The third-order valence-corrected chi connectivity index (χ3v) is 4.63. The highest BCUT2D eigenvalue weighted by Crippen LogP contribution is 2.37. The smallest absolute Gasteiger partial charge is 0.306 e. The molecule has 5 heteroatoms. The molecule has 26 heavy (non-hydrogen) atoms. The van der Waals surface area contributed by atoms with Crippen LogP contribution in [0.3, 0.4) is 0 Å². The zero-order valence-electron chi connectivity index (χ0n) is 15.1. The Morgan fingerprint density at radius 2 is 1.92 bits per heavy atom. The van der Waals surface area contributed by atoms with Crippen LogP contribution in [0.25, 0.3) is 0 Å². The van der Waals surface area contributed by atoms with Gasteiger partial charge in [-0.05, 0) is 60.7 Å². The van der Waals surface area contributed by atoms with Crippen molar-refractivity contribution in [2.45, 2.75) is 38.4 Å². The molecule has 0 saturated carbocycles. The second-order valence-corrected chi connectivity index (χ2v) is 6.32. The van der Waals surface area contributed by atoms with Crippen molar-refractivity contribution in [1.29, 1.82) is 0 Å². The van der Waals surface area contributed by atoms with Gasteiger partial charge in [-0.2, -0.15) is 0 Å². The summed E-state index contributed by atoms with van der Waals surface area (Å²) in [6.45, 7) is 2.33. The van der Waals surface area contributed by atoms with Gasteiger partial charge >= 0.3 is 5.97 Å². The monoisotopic (exact) mass is 356 g/mol. The van der Waals surface area contributed by atoms with Crippen LogP contribution < -0.4 is 9.47 Å². The summed E-state index contributed by atoms with van der Waals surface area (Å²) in [6, 6.07) is 13.6. The van der Waals surface area contributed by atoms with Crippen molar-refractivity contribution in [2.24, 2.45) is 0 Å². The number of carboxylic acids is 1. The molecule has 1 aliphatic carbocycles. The number of carboxylic acid groups (broad SMARTS) is 1. The molecule has 1 aliphatic rings. The molecule has 2 atom stereocenters. The first-order chi connectivity index (χ1) is 12.6. The largest absolute Gasteiger partial charge is 0.497 e. The van der Waals surface area contributed by atoms with Gasteiger partial charge in [0.2, 0.25) is 0 Å². The molecule has 3 rings (SSSR count). The van der Waals surface area contributed by atoms with Gasteiger partial charge in [-0.3, -0.25) is 4.79 Å². The third-order valence-electron chi connectivity index (χ3n) is 4.63. The first-order valence-electron chi connectivity index (χ1n) is 8.87. The van der Waals surface area contributed by atoms with Crippen LogP contribution in [-0.2, 0) is 16.0 Å². The number of rotatable bonds is 8. The molecule has 0 fully saturated rings. The first kappa shape index (κ1) is 18.3. The number of methoxy groups -OCH3 is 1. The van der Waals surface area contributed by atoms with Gasteiger partial charge in [0.15, 0.2) is 0 Å². The molecule has 0 bridgehead atoms. The molecular weight excluding hydrogens is 332 g/mol. The zero-order chi connectivity index (χ0) is 18.5. The van der Waals surface area contributed by atoms with E-state index in [0.29, 0.717) is 6.61 Å². The summed E-state index contributed by atoms with van der Waals surface area (Å²) in [7, 11) is 1.67. The van der Waals surface area contributed by atoms with Crippen LogP contribution in [0.2, 0.25) is 0 Å². The van der Waals surface area contributed by atoms with Gasteiger partial charge in [0.25, 0.3) is 0 Å². The Morgan fingerprint density at radius 1 is 1.19 bits per heavy atom. The van der Waals surface area contributed by atoms with E-state index < -0.39 is 12.1 Å². The molecule has 0 amide bonds. The highest BCUT2D eigenvalue weighted by Gasteiger charge is 2.24. The van der Waals surface area contributed by atoms with Crippen LogP contribution in [0.4, 0.5) is 0 Å². The molecule has 0 radical (unpaired) electrons. The van der Waals surface area contributed by atoms with E-state index in [1.165, 1.54) is 11.1 Å². The number of carbonyl (C=O) groups is 1. The average Bonchev–Trinajstić information content (AvgIpc) is 3.03. The standard InChI is InChI=1S/C21H24O5/c1-3-25-20(13-21(22)23)14-4-7-16(8-5-14)26-19-11-6-15-12-17(24-2)9-10-18(15)19/h4-5,7-10,12,19-20H,3,6,11,13H2,1-2H3,(H,22,23)/t19?,20-/m0/s1. The number of ether oxygens (including phenoxy) is 3. The van der Waals surface area contributed by atoms with E-state index in [1.807, 2.05) is 37.3 Å². The second kappa shape index (κ2) is 8.23. The molecule has 5 nitrogen and oxygen atoms in total. The minimum atomic E-state index is -0.873. The van der Waals surface area contributed by atoms with Gasteiger partial charge < -0.3 is 19.3 Å². The molecule has 138 valence electrons. The Hall–Kier alpha value is -2.53. The van der Waals surface area contributed by atoms with E-state index in [1.54, 1.807) is 7.11 Å². The second-order valence-electron chi connectivity index (χ2n) is 6.32. The van der Waals surface area contributed by atoms with Crippen molar-refractivity contribution in [3.05, 3.63) is 59.2 Å². The molecule has 1 N–H and O–H groups in total. The predicted molar refractivity (Wildman–Crippen MR) is 97.7 cm³/mol. The van der Waals surface area contributed by atoms with Crippen LogP contribution >= 0.6 is 0 Å². The van der Waals surface area contributed by atoms with Crippen LogP contribution in [0, 0.1) is 0 Å². The van der Waals surface area contributed by atoms with Gasteiger partial charge in [0, 0.05) is 6.61 Å². The molecular formula is C21H24O5. The Kier molecular flexibility index (Phi) is 5.78. The predicted octanol–water partition coefficient (Wildman–Crippen LogP) is 4.31. The molecule has 0 saturated heterocycles. The Morgan fingerprint density at radius 3 is 2.58 bits per heavy atom. The SMILES string of the molecule is CCO[C@@H](CC(=O)O)c1ccc(OC2CCc3cc(OC)ccc32)cc1. The highest BCUT2D eigenvalue weighted by molar-refractivity contribution is 5.67. The molecule has 2 aromatic carbocycles. The summed E-state index contributed by atoms with van der Waals surface area (Å²) in [5, 5.41) is 9.03. The lowest BCUT2D eigenvalue weighted by Gasteiger charge is -2.18. The number of fused-ring (bicyclic) bond motifs is 1. The van der Waals surface area contributed by atoms with Crippen molar-refractivity contribution in [2.75, 3.05) is 13.7 Å². The van der Waals surface area contributed by atoms with Crippen molar-refractivity contribution in [3.8, 4) is 11.5 Å². The molecule has 0 heterocycles. The summed E-state index contributed by atoms with van der Waals surface area (Å²) in [5.41, 5.74) is 3.31. The fourth-order valence-corrected chi connectivity index (χ4v) is 3.36. The molecule has 2 aromatic rings. The first-order valence-corrected chi connectivity index (χ1v) is 8.87. The Labute approximate surface area is 153 Å². The van der Waals surface area contributed by atoms with Crippen molar-refractivity contribution < 1.29 is 24.1 Å². The van der Waals surface area contributed by atoms with Gasteiger partial charge in [-0.1, -0.05) is 18.2 Å². The molecule has 0 aromatic heterocycles. The van der Waals surface area contributed by atoms with E-state index in [0.717, 1.165) is 29.9 Å². The van der Waals surface area contributed by atoms with Gasteiger partial charge in [0.05, 0.1) is 19.6 Å². The minimum absolute atomic E-state index is 0.0310. The molecule has 0 aliphatic heterocycles. The normalized spacial score (nSPS) is 16.8. The average molecular weight is 356 g/mol. The van der Waals surface area contributed by atoms with Crippen molar-refractivity contribution >= 4 is 5.97 Å². The van der Waals surface area contributed by atoms with E-state index in [4.69, 9.17) is 19.3 Å².